The van der Waals surface area contributed by atoms with E-state index in [1.165, 1.54) is 12.1 Å². The van der Waals surface area contributed by atoms with E-state index in [2.05, 4.69) is 5.32 Å². The van der Waals surface area contributed by atoms with Crippen LogP contribution >= 0.6 is 0 Å². The third-order valence-corrected chi connectivity index (χ3v) is 5.83. The zero-order valence-corrected chi connectivity index (χ0v) is 17.7. The maximum absolute atomic E-state index is 14.1. The number of carbonyl (C=O) groups is 1. The lowest BCUT2D eigenvalue weighted by molar-refractivity contribution is 0.0165. The number of aliphatic hydroxyl groups is 2. The Labute approximate surface area is 190 Å². The van der Waals surface area contributed by atoms with E-state index in [9.17, 15) is 19.4 Å². The molecule has 2 atom stereocenters. The van der Waals surface area contributed by atoms with Gasteiger partial charge in [-0.05, 0) is 39.9 Å². The van der Waals surface area contributed by atoms with Gasteiger partial charge in [-0.3, -0.25) is 0 Å². The highest BCUT2D eigenvalue weighted by molar-refractivity contribution is 5.79. The zero-order valence-electron chi connectivity index (χ0n) is 17.7. The Morgan fingerprint density at radius 1 is 1.06 bits per heavy atom. The second-order valence-electron chi connectivity index (χ2n) is 7.91. The van der Waals surface area contributed by atoms with Crippen LogP contribution in [0, 0.1) is 17.1 Å². The fourth-order valence-corrected chi connectivity index (χ4v) is 4.18. The van der Waals surface area contributed by atoms with Crippen LogP contribution in [0.2, 0.25) is 0 Å². The molecular formula is C26H23FN2O4. The van der Waals surface area contributed by atoms with Crippen molar-refractivity contribution in [3.63, 3.8) is 0 Å². The number of nitriles is 1. The first-order valence-corrected chi connectivity index (χ1v) is 10.6. The highest BCUT2D eigenvalue weighted by Gasteiger charge is 2.29. The minimum absolute atomic E-state index is 0.0497. The van der Waals surface area contributed by atoms with Gasteiger partial charge in [0, 0.05) is 18.0 Å². The highest BCUT2D eigenvalue weighted by atomic mass is 19.1. The third kappa shape index (κ3) is 4.72. The number of fused-ring (bicyclic) bond motifs is 3. The van der Waals surface area contributed by atoms with Gasteiger partial charge in [0.25, 0.3) is 0 Å². The van der Waals surface area contributed by atoms with Crippen molar-refractivity contribution in [3.05, 3.63) is 94.8 Å². The maximum atomic E-state index is 14.1. The Morgan fingerprint density at radius 2 is 1.70 bits per heavy atom. The molecule has 4 rings (SSSR count). The molecule has 3 N–H and O–H groups in total. The van der Waals surface area contributed by atoms with Crippen LogP contribution in [0.4, 0.5) is 9.18 Å². The van der Waals surface area contributed by atoms with Crippen LogP contribution < -0.4 is 5.32 Å². The second kappa shape index (κ2) is 9.82. The smallest absolute Gasteiger partial charge is 0.407 e. The molecular weight excluding hydrogens is 423 g/mol. The normalized spacial score (nSPS) is 14.0. The van der Waals surface area contributed by atoms with Gasteiger partial charge < -0.3 is 20.3 Å². The van der Waals surface area contributed by atoms with Crippen LogP contribution in [0.15, 0.2) is 66.7 Å². The van der Waals surface area contributed by atoms with E-state index in [0.29, 0.717) is 5.56 Å². The molecule has 0 spiro atoms. The molecule has 0 aromatic heterocycles. The highest BCUT2D eigenvalue weighted by Crippen LogP contribution is 2.44. The standard InChI is InChI=1S/C26H23FN2O4/c27-23-10-9-16(11-12-28)13-21(23)25(31)24(30)14-29-26(32)33-15-22-19-7-3-1-5-17(19)18-6-2-4-8-20(18)22/h1-10,13,22,24-25,30-31H,11,14-15H2,(H,29,32). The van der Waals surface area contributed by atoms with Crippen molar-refractivity contribution in [1.82, 2.24) is 5.32 Å². The molecule has 0 aliphatic heterocycles. The van der Waals surface area contributed by atoms with Crippen molar-refractivity contribution in [3.8, 4) is 17.2 Å². The van der Waals surface area contributed by atoms with E-state index in [0.717, 1.165) is 28.3 Å². The predicted octanol–water partition coefficient (Wildman–Crippen LogP) is 3.82. The van der Waals surface area contributed by atoms with Gasteiger partial charge >= 0.3 is 6.09 Å². The number of halogens is 1. The Bertz CT molecular complexity index is 1160. The summed E-state index contributed by atoms with van der Waals surface area (Å²) in [4.78, 5) is 12.3. The molecule has 0 bridgehead atoms. The fourth-order valence-electron chi connectivity index (χ4n) is 4.18. The van der Waals surface area contributed by atoms with Crippen molar-refractivity contribution in [1.29, 1.82) is 5.26 Å². The zero-order chi connectivity index (χ0) is 23.4. The van der Waals surface area contributed by atoms with E-state index in [1.54, 1.807) is 0 Å². The van der Waals surface area contributed by atoms with Gasteiger partial charge in [0.05, 0.1) is 12.5 Å². The minimum atomic E-state index is -1.57. The molecule has 0 radical (unpaired) electrons. The van der Waals surface area contributed by atoms with Gasteiger partial charge in [0.1, 0.15) is 24.6 Å². The number of carbonyl (C=O) groups excluding carboxylic acids is 1. The molecule has 7 heteroatoms. The minimum Gasteiger partial charge on any atom is -0.449 e. The molecule has 6 nitrogen and oxygen atoms in total. The predicted molar refractivity (Wildman–Crippen MR) is 120 cm³/mol. The van der Waals surface area contributed by atoms with E-state index in [4.69, 9.17) is 10.00 Å². The molecule has 0 fully saturated rings. The molecule has 33 heavy (non-hydrogen) atoms. The topological polar surface area (TPSA) is 103 Å². The Hall–Kier alpha value is -3.73. The molecule has 0 heterocycles. The average Bonchev–Trinajstić information content (AvgIpc) is 3.16. The Kier molecular flexibility index (Phi) is 6.68. The van der Waals surface area contributed by atoms with Crippen LogP contribution in [0.5, 0.6) is 0 Å². The summed E-state index contributed by atoms with van der Waals surface area (Å²) in [5.41, 5.74) is 4.77. The lowest BCUT2D eigenvalue weighted by atomic mass is 9.98. The fraction of sp³-hybridized carbons (Fsp3) is 0.231. The Balaban J connectivity index is 1.35. The number of alkyl carbamates (subject to hydrolysis) is 1. The summed E-state index contributed by atoms with van der Waals surface area (Å²) in [5, 5.41) is 31.8. The molecule has 0 saturated carbocycles. The number of hydrogen-bond donors (Lipinski definition) is 3. The molecule has 168 valence electrons. The number of ether oxygens (including phenoxy) is 1. The van der Waals surface area contributed by atoms with Gasteiger partial charge in [0.15, 0.2) is 0 Å². The van der Waals surface area contributed by atoms with E-state index in [1.807, 2.05) is 54.6 Å². The van der Waals surface area contributed by atoms with Crippen molar-refractivity contribution < 1.29 is 24.1 Å². The largest absolute Gasteiger partial charge is 0.449 e. The summed E-state index contributed by atoms with van der Waals surface area (Å²) in [6, 6.07) is 21.8. The number of rotatable bonds is 7. The van der Waals surface area contributed by atoms with Crippen molar-refractivity contribution >= 4 is 6.09 Å². The van der Waals surface area contributed by atoms with Crippen LogP contribution in [-0.4, -0.2) is 35.6 Å². The van der Waals surface area contributed by atoms with Crippen molar-refractivity contribution in [2.75, 3.05) is 13.2 Å². The lowest BCUT2D eigenvalue weighted by Crippen LogP contribution is -2.36. The number of hydrogen-bond acceptors (Lipinski definition) is 5. The molecule has 3 aromatic carbocycles. The van der Waals surface area contributed by atoms with Crippen molar-refractivity contribution in [2.24, 2.45) is 0 Å². The first-order chi connectivity index (χ1) is 16.0. The average molecular weight is 446 g/mol. The van der Waals surface area contributed by atoms with Crippen LogP contribution in [0.3, 0.4) is 0 Å². The molecule has 0 saturated heterocycles. The Morgan fingerprint density at radius 3 is 2.33 bits per heavy atom. The number of nitrogens with one attached hydrogen (secondary N) is 1. The molecule has 1 amide bonds. The van der Waals surface area contributed by atoms with Crippen LogP contribution in [-0.2, 0) is 11.2 Å². The van der Waals surface area contributed by atoms with Crippen molar-refractivity contribution in [2.45, 2.75) is 24.5 Å². The van der Waals surface area contributed by atoms with E-state index in [-0.39, 0.29) is 31.1 Å². The summed E-state index contributed by atoms with van der Waals surface area (Å²) in [5.74, 6) is -0.806. The summed E-state index contributed by atoms with van der Waals surface area (Å²) in [6.45, 7) is -0.219. The third-order valence-electron chi connectivity index (χ3n) is 5.83. The summed E-state index contributed by atoms with van der Waals surface area (Å²) >= 11 is 0. The summed E-state index contributed by atoms with van der Waals surface area (Å²) in [7, 11) is 0. The van der Waals surface area contributed by atoms with E-state index < -0.39 is 24.1 Å². The number of amides is 1. The second-order valence-corrected chi connectivity index (χ2v) is 7.91. The first kappa shape index (κ1) is 22.5. The van der Waals surface area contributed by atoms with Gasteiger partial charge in [-0.15, -0.1) is 0 Å². The van der Waals surface area contributed by atoms with Crippen LogP contribution in [0.1, 0.15) is 34.3 Å². The quantitative estimate of drug-likeness (QED) is 0.512. The number of nitrogens with zero attached hydrogens (tertiary/aromatic N) is 1. The summed E-state index contributed by atoms with van der Waals surface area (Å²) < 4.78 is 19.5. The monoisotopic (exact) mass is 446 g/mol. The molecule has 3 aromatic rings. The number of benzene rings is 3. The molecule has 1 aliphatic carbocycles. The van der Waals surface area contributed by atoms with Gasteiger partial charge in [0.2, 0.25) is 0 Å². The van der Waals surface area contributed by atoms with Crippen LogP contribution in [0.25, 0.3) is 11.1 Å². The first-order valence-electron chi connectivity index (χ1n) is 10.6. The lowest BCUT2D eigenvalue weighted by Gasteiger charge is -2.20. The number of aliphatic hydroxyl groups excluding tert-OH is 2. The molecule has 2 unspecified atom stereocenters. The molecule has 1 aliphatic rings. The SMILES string of the molecule is N#CCc1ccc(F)c(C(O)C(O)CNC(=O)OCC2c3ccccc3-c3ccccc32)c1. The summed E-state index contributed by atoms with van der Waals surface area (Å²) in [6.07, 6.45) is -3.73. The van der Waals surface area contributed by atoms with Gasteiger partial charge in [-0.2, -0.15) is 5.26 Å². The van der Waals surface area contributed by atoms with Gasteiger partial charge in [-0.1, -0.05) is 54.6 Å². The van der Waals surface area contributed by atoms with Gasteiger partial charge in [-0.25, -0.2) is 9.18 Å². The maximum Gasteiger partial charge on any atom is 0.407 e. The van der Waals surface area contributed by atoms with E-state index >= 15 is 0 Å².